The van der Waals surface area contributed by atoms with Crippen LogP contribution in [-0.2, 0) is 10.4 Å². The number of anilines is 2. The molecule has 0 amide bonds. The van der Waals surface area contributed by atoms with Crippen molar-refractivity contribution < 1.29 is 15.2 Å². The van der Waals surface area contributed by atoms with Gasteiger partial charge < -0.3 is 10.1 Å². The number of aromatic nitrogens is 3. The van der Waals surface area contributed by atoms with Gasteiger partial charge >= 0.3 is 6.01 Å². The highest BCUT2D eigenvalue weighted by Crippen LogP contribution is 2.39. The number of rotatable bonds is 5. The minimum Gasteiger partial charge on any atom is -0.460 e. The number of piperidine rings is 2. The number of nitrogen functional groups attached to an aromatic ring is 1. The normalized spacial score (nSPS) is 26.0. The number of hydrogen-bond acceptors (Lipinski definition) is 9. The zero-order valence-electron chi connectivity index (χ0n) is 20.5. The Morgan fingerprint density at radius 2 is 1.22 bits per heavy atom. The third-order valence-corrected chi connectivity index (χ3v) is 6.49. The zero-order chi connectivity index (χ0) is 24.1. The third-order valence-electron chi connectivity index (χ3n) is 6.49. The Hall–Kier alpha value is -1.79. The van der Waals surface area contributed by atoms with Crippen LogP contribution in [0.15, 0.2) is 0 Å². The van der Waals surface area contributed by atoms with Crippen LogP contribution in [0.1, 0.15) is 81.1 Å². The van der Waals surface area contributed by atoms with Gasteiger partial charge in [0, 0.05) is 41.0 Å². The molecule has 3 heterocycles. The lowest BCUT2D eigenvalue weighted by atomic mass is 9.79. The summed E-state index contributed by atoms with van der Waals surface area (Å²) in [6, 6.07) is 0.138. The molecule has 2 aliphatic heterocycles. The molecule has 2 radical (unpaired) electrons. The van der Waals surface area contributed by atoms with Crippen molar-refractivity contribution in [2.24, 2.45) is 5.84 Å². The molecule has 0 unspecified atom stereocenters. The van der Waals surface area contributed by atoms with Gasteiger partial charge in [-0.3, -0.25) is 5.43 Å². The molecule has 11 heteroatoms. The Morgan fingerprint density at radius 3 is 1.69 bits per heavy atom. The molecule has 0 aromatic carbocycles. The average Bonchev–Trinajstić information content (AvgIpc) is 2.63. The summed E-state index contributed by atoms with van der Waals surface area (Å²) in [5.41, 5.74) is 0.274. The van der Waals surface area contributed by atoms with Crippen LogP contribution in [0.3, 0.4) is 0 Å². The van der Waals surface area contributed by atoms with Crippen molar-refractivity contribution in [3.8, 4) is 6.01 Å². The van der Waals surface area contributed by atoms with E-state index in [9.17, 15) is 10.4 Å². The highest BCUT2D eigenvalue weighted by atomic mass is 16.5. The predicted octanol–water partition coefficient (Wildman–Crippen LogP) is 2.68. The highest BCUT2D eigenvalue weighted by Gasteiger charge is 2.48. The Morgan fingerprint density at radius 1 is 0.781 bits per heavy atom. The molecule has 4 N–H and O–H groups in total. The van der Waals surface area contributed by atoms with Gasteiger partial charge in [-0.25, -0.2) is 5.84 Å². The first kappa shape index (κ1) is 24.8. The molecule has 0 aliphatic carbocycles. The van der Waals surface area contributed by atoms with Crippen molar-refractivity contribution >= 4 is 11.9 Å². The molecule has 1 aromatic heterocycles. The first-order valence-corrected chi connectivity index (χ1v) is 11.2. The molecule has 0 spiro atoms. The molecular weight excluding hydrogens is 412 g/mol. The SMILES string of the molecule is CC1(C)CC(Nc2nc(NN)nc(OC3CC(C)(C)N([O])C(C)(C)C3)n2)CC(C)(C)N1[O]. The van der Waals surface area contributed by atoms with Gasteiger partial charge in [-0.15, -0.1) is 20.5 Å². The van der Waals surface area contributed by atoms with Crippen molar-refractivity contribution in [2.75, 3.05) is 10.7 Å². The number of hydrogen-bond donors (Lipinski definition) is 3. The summed E-state index contributed by atoms with van der Waals surface area (Å²) in [6.07, 6.45) is 2.14. The number of hydrazine groups is 1. The van der Waals surface area contributed by atoms with Crippen LogP contribution in [-0.4, -0.2) is 59.4 Å². The van der Waals surface area contributed by atoms with E-state index in [1.165, 1.54) is 5.06 Å². The van der Waals surface area contributed by atoms with Crippen molar-refractivity contribution in [1.82, 2.24) is 25.1 Å². The van der Waals surface area contributed by atoms with Gasteiger partial charge in [-0.05, 0) is 68.2 Å². The minimum atomic E-state index is -0.570. The molecular formula is C21H38N8O3. The average molecular weight is 451 g/mol. The van der Waals surface area contributed by atoms with Crippen molar-refractivity contribution in [3.05, 3.63) is 0 Å². The summed E-state index contributed by atoms with van der Waals surface area (Å²) >= 11 is 0. The van der Waals surface area contributed by atoms with E-state index in [-0.39, 0.29) is 24.1 Å². The van der Waals surface area contributed by atoms with Crippen LogP contribution in [0.4, 0.5) is 11.9 Å². The fraction of sp³-hybridized carbons (Fsp3) is 0.857. The molecule has 0 atom stereocenters. The number of nitrogens with one attached hydrogen (secondary N) is 2. The summed E-state index contributed by atoms with van der Waals surface area (Å²) in [5.74, 6) is 6.09. The Bertz CT molecular complexity index is 731. The molecule has 1 aromatic rings. The molecule has 2 fully saturated rings. The number of nitrogens with zero attached hydrogens (tertiary/aromatic N) is 5. The third kappa shape index (κ3) is 5.07. The van der Waals surface area contributed by atoms with Gasteiger partial charge in [-0.1, -0.05) is 0 Å². The van der Waals surface area contributed by atoms with E-state index in [2.05, 4.69) is 25.7 Å². The lowest BCUT2D eigenvalue weighted by molar-refractivity contribution is -0.297. The molecule has 2 saturated heterocycles. The first-order chi connectivity index (χ1) is 14.6. The molecule has 32 heavy (non-hydrogen) atoms. The van der Waals surface area contributed by atoms with Crippen LogP contribution >= 0.6 is 0 Å². The van der Waals surface area contributed by atoms with Gasteiger partial charge in [0.05, 0.1) is 0 Å². The second kappa shape index (κ2) is 8.21. The monoisotopic (exact) mass is 450 g/mol. The smallest absolute Gasteiger partial charge is 0.323 e. The van der Waals surface area contributed by atoms with Crippen molar-refractivity contribution in [3.63, 3.8) is 0 Å². The number of hydroxylamine groups is 4. The zero-order valence-corrected chi connectivity index (χ0v) is 20.5. The van der Waals surface area contributed by atoms with E-state index < -0.39 is 22.2 Å². The van der Waals surface area contributed by atoms with E-state index in [1.54, 1.807) is 0 Å². The van der Waals surface area contributed by atoms with Crippen LogP contribution in [0, 0.1) is 0 Å². The molecule has 11 nitrogen and oxygen atoms in total. The van der Waals surface area contributed by atoms with Crippen molar-refractivity contribution in [1.29, 1.82) is 0 Å². The largest absolute Gasteiger partial charge is 0.460 e. The van der Waals surface area contributed by atoms with Gasteiger partial charge in [0.1, 0.15) is 6.10 Å². The van der Waals surface area contributed by atoms with E-state index in [0.717, 1.165) is 5.06 Å². The molecule has 2 aliphatic rings. The number of nitrogens with two attached hydrogens (primary N) is 1. The molecule has 0 bridgehead atoms. The summed E-state index contributed by atoms with van der Waals surface area (Å²) in [5, 5.41) is 30.9. The summed E-state index contributed by atoms with van der Waals surface area (Å²) in [7, 11) is 0. The van der Waals surface area contributed by atoms with Gasteiger partial charge in [-0.2, -0.15) is 15.0 Å². The Labute approximate surface area is 190 Å². The van der Waals surface area contributed by atoms with Crippen molar-refractivity contribution in [2.45, 2.75) is 115 Å². The van der Waals surface area contributed by atoms with Gasteiger partial charge in [0.2, 0.25) is 11.9 Å². The van der Waals surface area contributed by atoms with Crippen LogP contribution < -0.4 is 21.3 Å². The second-order valence-electron chi connectivity index (χ2n) is 11.6. The Kier molecular flexibility index (Phi) is 6.37. The van der Waals surface area contributed by atoms with Gasteiger partial charge in [0.15, 0.2) is 0 Å². The quantitative estimate of drug-likeness (QED) is 0.455. The first-order valence-electron chi connectivity index (χ1n) is 11.2. The lowest BCUT2D eigenvalue weighted by Crippen LogP contribution is -2.60. The standard InChI is InChI=1S/C21H38N8O3/c1-18(2)9-13(10-19(3,4)28(18)30)23-15-24-16(27-22)26-17(25-15)32-14-11-20(5,6)29(31)21(7,8)12-14/h13-14H,9-12,22H2,1-8H3,(H2,23,24,25,26,27). The van der Waals surface area contributed by atoms with Gasteiger partial charge in [0.25, 0.3) is 0 Å². The fourth-order valence-corrected chi connectivity index (χ4v) is 5.49. The fourth-order valence-electron chi connectivity index (χ4n) is 5.49. The summed E-state index contributed by atoms with van der Waals surface area (Å²) < 4.78 is 6.12. The highest BCUT2D eigenvalue weighted by molar-refractivity contribution is 5.36. The van der Waals surface area contributed by atoms with E-state index in [1.807, 2.05) is 55.4 Å². The predicted molar refractivity (Wildman–Crippen MR) is 119 cm³/mol. The van der Waals surface area contributed by atoms with E-state index in [4.69, 9.17) is 10.6 Å². The molecule has 3 rings (SSSR count). The molecule has 180 valence electrons. The minimum absolute atomic E-state index is 0.00681. The van der Waals surface area contributed by atoms with Crippen LogP contribution in [0.5, 0.6) is 6.01 Å². The summed E-state index contributed by atoms with van der Waals surface area (Å²) in [6.45, 7) is 15.4. The number of ether oxygens (including phenoxy) is 1. The van der Waals surface area contributed by atoms with E-state index >= 15 is 0 Å². The topological polar surface area (TPSA) is 144 Å². The maximum Gasteiger partial charge on any atom is 0.323 e. The maximum absolute atomic E-state index is 12.6. The van der Waals surface area contributed by atoms with E-state index in [0.29, 0.717) is 31.6 Å². The lowest BCUT2D eigenvalue weighted by Gasteiger charge is -2.50. The molecule has 0 saturated carbocycles. The van der Waals surface area contributed by atoms with Crippen LogP contribution in [0.25, 0.3) is 0 Å². The van der Waals surface area contributed by atoms with Crippen LogP contribution in [0.2, 0.25) is 0 Å². The summed E-state index contributed by atoms with van der Waals surface area (Å²) in [4.78, 5) is 13.0. The maximum atomic E-state index is 12.6. The second-order valence-corrected chi connectivity index (χ2v) is 11.6. The Balaban J connectivity index is 1.79.